The lowest BCUT2D eigenvalue weighted by molar-refractivity contribution is -0.140. The smallest absolute Gasteiger partial charge is 0.333 e. The maximum Gasteiger partial charge on any atom is 0.333 e. The van der Waals surface area contributed by atoms with Gasteiger partial charge in [0.25, 0.3) is 0 Å². The van der Waals surface area contributed by atoms with Crippen molar-refractivity contribution in [3.05, 3.63) is 24.8 Å². The Kier molecular flexibility index (Phi) is 16.2. The Balaban J connectivity index is 0. The first-order chi connectivity index (χ1) is 10.4. The molecule has 128 valence electrons. The van der Waals surface area contributed by atoms with E-state index >= 15 is 0 Å². The van der Waals surface area contributed by atoms with Crippen LogP contribution in [0.5, 0.6) is 0 Å². The summed E-state index contributed by atoms with van der Waals surface area (Å²) in [6.07, 6.45) is 5.85. The number of esters is 2. The van der Waals surface area contributed by atoms with E-state index in [9.17, 15) is 9.59 Å². The van der Waals surface area contributed by atoms with E-state index in [1.165, 1.54) is 18.9 Å². The van der Waals surface area contributed by atoms with E-state index in [0.717, 1.165) is 12.8 Å². The van der Waals surface area contributed by atoms with Crippen molar-refractivity contribution in [2.24, 2.45) is 5.92 Å². The number of unbranched alkanes of at least 4 members (excludes halogenated alkanes) is 1. The van der Waals surface area contributed by atoms with Crippen LogP contribution in [0.15, 0.2) is 24.8 Å². The third-order valence-corrected chi connectivity index (χ3v) is 2.84. The molecule has 0 aliphatic carbocycles. The zero-order chi connectivity index (χ0) is 17.4. The number of carbonyl (C=O) groups is 2. The molecule has 1 atom stereocenters. The molecular formula is C17H30O5. The van der Waals surface area contributed by atoms with Crippen LogP contribution in [0, 0.1) is 5.92 Å². The molecule has 0 aromatic carbocycles. The summed E-state index contributed by atoms with van der Waals surface area (Å²) in [7, 11) is 0. The van der Waals surface area contributed by atoms with E-state index in [4.69, 9.17) is 9.84 Å². The summed E-state index contributed by atoms with van der Waals surface area (Å²) in [5.41, 5.74) is 0.350. The van der Waals surface area contributed by atoms with E-state index in [1.807, 2.05) is 0 Å². The zero-order valence-corrected chi connectivity index (χ0v) is 14.1. The van der Waals surface area contributed by atoms with Gasteiger partial charge in [-0.2, -0.15) is 0 Å². The minimum Gasteiger partial charge on any atom is -0.462 e. The average Bonchev–Trinajstić information content (AvgIpc) is 2.52. The van der Waals surface area contributed by atoms with Gasteiger partial charge >= 0.3 is 11.9 Å². The number of aliphatic hydroxyl groups excluding tert-OH is 1. The topological polar surface area (TPSA) is 72.8 Å². The Labute approximate surface area is 134 Å². The van der Waals surface area contributed by atoms with Gasteiger partial charge in [-0.25, -0.2) is 9.59 Å². The van der Waals surface area contributed by atoms with Crippen molar-refractivity contribution in [3.8, 4) is 0 Å². The largest absolute Gasteiger partial charge is 0.462 e. The Morgan fingerprint density at radius 1 is 1.27 bits per heavy atom. The van der Waals surface area contributed by atoms with Crippen LogP contribution in [0.2, 0.25) is 0 Å². The van der Waals surface area contributed by atoms with E-state index in [2.05, 4.69) is 31.7 Å². The van der Waals surface area contributed by atoms with Crippen molar-refractivity contribution in [1.82, 2.24) is 0 Å². The van der Waals surface area contributed by atoms with Gasteiger partial charge in [0.1, 0.15) is 6.61 Å². The van der Waals surface area contributed by atoms with Crippen LogP contribution >= 0.6 is 0 Å². The zero-order valence-electron chi connectivity index (χ0n) is 14.1. The molecule has 0 aromatic rings. The van der Waals surface area contributed by atoms with E-state index in [-0.39, 0.29) is 19.2 Å². The van der Waals surface area contributed by atoms with Crippen LogP contribution < -0.4 is 0 Å². The van der Waals surface area contributed by atoms with E-state index in [1.54, 1.807) is 6.92 Å². The summed E-state index contributed by atoms with van der Waals surface area (Å²) < 4.78 is 9.45. The standard InChI is InChI=1S/C11H20O2.C6H10O3/c1-4-7-8-10(5-2)9-13-11(12)6-3;1-5(2)6(8)9-4-3-7/h6,10H,3-5,7-9H2,1-2H3;7H,1,3-4H2,2H3. The predicted octanol–water partition coefficient (Wildman–Crippen LogP) is 3.03. The van der Waals surface area contributed by atoms with Crippen molar-refractivity contribution in [1.29, 1.82) is 0 Å². The molecule has 5 heteroatoms. The van der Waals surface area contributed by atoms with Crippen molar-refractivity contribution >= 4 is 11.9 Å². The maximum absolute atomic E-state index is 10.8. The van der Waals surface area contributed by atoms with Crippen LogP contribution in [0.1, 0.15) is 46.5 Å². The second-order valence-corrected chi connectivity index (χ2v) is 4.89. The van der Waals surface area contributed by atoms with Gasteiger partial charge in [-0.3, -0.25) is 0 Å². The first-order valence-corrected chi connectivity index (χ1v) is 7.65. The molecular weight excluding hydrogens is 284 g/mol. The third-order valence-electron chi connectivity index (χ3n) is 2.84. The van der Waals surface area contributed by atoms with Gasteiger partial charge in [-0.15, -0.1) is 0 Å². The Morgan fingerprint density at radius 2 is 1.91 bits per heavy atom. The molecule has 0 aliphatic heterocycles. The van der Waals surface area contributed by atoms with E-state index < -0.39 is 5.97 Å². The molecule has 0 amide bonds. The lowest BCUT2D eigenvalue weighted by Crippen LogP contribution is -2.12. The summed E-state index contributed by atoms with van der Waals surface area (Å²) in [5.74, 6) is -0.247. The highest BCUT2D eigenvalue weighted by molar-refractivity contribution is 5.86. The second-order valence-electron chi connectivity index (χ2n) is 4.89. The van der Waals surface area contributed by atoms with E-state index in [0.29, 0.717) is 18.1 Å². The summed E-state index contributed by atoms with van der Waals surface area (Å²) in [6, 6.07) is 0. The molecule has 1 unspecified atom stereocenters. The highest BCUT2D eigenvalue weighted by Gasteiger charge is 2.07. The number of rotatable bonds is 10. The van der Waals surface area contributed by atoms with Gasteiger partial charge in [0.2, 0.25) is 0 Å². The Morgan fingerprint density at radius 3 is 2.32 bits per heavy atom. The molecule has 0 bridgehead atoms. The SMILES string of the molecule is C=C(C)C(=O)OCCO.C=CC(=O)OCC(CC)CCCC. The number of ether oxygens (including phenoxy) is 2. The number of hydrogen-bond donors (Lipinski definition) is 1. The van der Waals surface area contributed by atoms with Crippen LogP contribution in [0.4, 0.5) is 0 Å². The predicted molar refractivity (Wildman–Crippen MR) is 87.3 cm³/mol. The fourth-order valence-corrected chi connectivity index (χ4v) is 1.42. The molecule has 0 radical (unpaired) electrons. The second kappa shape index (κ2) is 15.8. The molecule has 1 N–H and O–H groups in total. The van der Waals surface area contributed by atoms with Crippen LogP contribution in [-0.2, 0) is 19.1 Å². The average molecular weight is 314 g/mol. The molecule has 0 fully saturated rings. The monoisotopic (exact) mass is 314 g/mol. The van der Waals surface area contributed by atoms with Crippen LogP contribution in [-0.4, -0.2) is 36.9 Å². The molecule has 0 aliphatic rings. The molecule has 0 heterocycles. The lowest BCUT2D eigenvalue weighted by atomic mass is 10.0. The van der Waals surface area contributed by atoms with Crippen LogP contribution in [0.3, 0.4) is 0 Å². The van der Waals surface area contributed by atoms with Gasteiger partial charge in [0.05, 0.1) is 13.2 Å². The van der Waals surface area contributed by atoms with Gasteiger partial charge in [-0.1, -0.05) is 46.3 Å². The van der Waals surface area contributed by atoms with Crippen molar-refractivity contribution in [2.45, 2.75) is 46.5 Å². The highest BCUT2D eigenvalue weighted by atomic mass is 16.5. The summed E-state index contributed by atoms with van der Waals surface area (Å²) in [5, 5.41) is 8.19. The van der Waals surface area contributed by atoms with Gasteiger partial charge in [0, 0.05) is 11.6 Å². The summed E-state index contributed by atoms with van der Waals surface area (Å²) >= 11 is 0. The molecule has 0 rings (SSSR count). The molecule has 0 aromatic heterocycles. The first kappa shape index (κ1) is 22.7. The summed E-state index contributed by atoms with van der Waals surface area (Å²) in [4.78, 5) is 21.2. The van der Waals surface area contributed by atoms with Crippen molar-refractivity contribution < 1.29 is 24.2 Å². The van der Waals surface area contributed by atoms with Gasteiger partial charge in [-0.05, 0) is 19.3 Å². The normalized spacial score (nSPS) is 10.7. The number of aliphatic hydroxyl groups is 1. The van der Waals surface area contributed by atoms with Crippen molar-refractivity contribution in [2.75, 3.05) is 19.8 Å². The lowest BCUT2D eigenvalue weighted by Gasteiger charge is -2.13. The third kappa shape index (κ3) is 14.8. The van der Waals surface area contributed by atoms with Crippen molar-refractivity contribution in [3.63, 3.8) is 0 Å². The maximum atomic E-state index is 10.8. The first-order valence-electron chi connectivity index (χ1n) is 7.65. The summed E-state index contributed by atoms with van der Waals surface area (Å²) in [6.45, 7) is 13.0. The molecule has 0 saturated heterocycles. The molecule has 0 spiro atoms. The minimum absolute atomic E-state index is 0.0473. The van der Waals surface area contributed by atoms with Gasteiger partial charge in [0.15, 0.2) is 0 Å². The highest BCUT2D eigenvalue weighted by Crippen LogP contribution is 2.12. The number of hydrogen-bond acceptors (Lipinski definition) is 5. The Bertz CT molecular complexity index is 336. The molecule has 5 nitrogen and oxygen atoms in total. The Hall–Kier alpha value is -1.62. The minimum atomic E-state index is -0.455. The molecule has 0 saturated carbocycles. The van der Waals surface area contributed by atoms with Gasteiger partial charge < -0.3 is 14.6 Å². The quantitative estimate of drug-likeness (QED) is 0.495. The van der Waals surface area contributed by atoms with Crippen LogP contribution in [0.25, 0.3) is 0 Å². The number of carbonyl (C=O) groups excluding carboxylic acids is 2. The molecule has 22 heavy (non-hydrogen) atoms. The fourth-order valence-electron chi connectivity index (χ4n) is 1.42. The fraction of sp³-hybridized carbons (Fsp3) is 0.647.